The second-order valence-electron chi connectivity index (χ2n) is 3.13. The minimum atomic E-state index is -0.140. The SMILES string of the molecule is CO[C@@H]1CCC[C@@H](O)[C@H]1C. The number of ether oxygens (including phenoxy) is 1. The van der Waals surface area contributed by atoms with Gasteiger partial charge in [-0.1, -0.05) is 6.92 Å². The van der Waals surface area contributed by atoms with Crippen molar-refractivity contribution >= 4 is 0 Å². The van der Waals surface area contributed by atoms with Crippen LogP contribution in [0.5, 0.6) is 0 Å². The van der Waals surface area contributed by atoms with E-state index in [0.29, 0.717) is 5.92 Å². The second kappa shape index (κ2) is 3.35. The van der Waals surface area contributed by atoms with E-state index in [1.165, 1.54) is 0 Å². The van der Waals surface area contributed by atoms with Crippen LogP contribution in [0, 0.1) is 5.92 Å². The average Bonchev–Trinajstić information content (AvgIpc) is 1.95. The molecule has 1 rings (SSSR count). The second-order valence-corrected chi connectivity index (χ2v) is 3.13. The maximum absolute atomic E-state index is 9.40. The van der Waals surface area contributed by atoms with Gasteiger partial charge in [-0.2, -0.15) is 0 Å². The molecule has 1 fully saturated rings. The maximum atomic E-state index is 9.40. The molecule has 0 saturated heterocycles. The third-order valence-electron chi connectivity index (χ3n) is 2.48. The highest BCUT2D eigenvalue weighted by Gasteiger charge is 2.27. The summed E-state index contributed by atoms with van der Waals surface area (Å²) in [6.07, 6.45) is 3.29. The van der Waals surface area contributed by atoms with Gasteiger partial charge in [-0.05, 0) is 19.3 Å². The summed E-state index contributed by atoms with van der Waals surface area (Å²) in [7, 11) is 1.72. The Balaban J connectivity index is 2.42. The molecule has 0 heterocycles. The Morgan fingerprint density at radius 2 is 2.10 bits per heavy atom. The van der Waals surface area contributed by atoms with E-state index in [0.717, 1.165) is 19.3 Å². The van der Waals surface area contributed by atoms with E-state index in [4.69, 9.17) is 4.74 Å². The third-order valence-corrected chi connectivity index (χ3v) is 2.48. The van der Waals surface area contributed by atoms with Gasteiger partial charge in [-0.25, -0.2) is 0 Å². The van der Waals surface area contributed by atoms with Crippen molar-refractivity contribution in [2.75, 3.05) is 7.11 Å². The van der Waals surface area contributed by atoms with Crippen molar-refractivity contribution in [1.29, 1.82) is 0 Å². The van der Waals surface area contributed by atoms with Gasteiger partial charge in [0.25, 0.3) is 0 Å². The van der Waals surface area contributed by atoms with Crippen molar-refractivity contribution in [2.45, 2.75) is 38.4 Å². The standard InChI is InChI=1S/C8H16O2/c1-6-7(9)4-3-5-8(6)10-2/h6-9H,3-5H2,1-2H3/t6-,7-,8-/m1/s1. The Kier molecular flexibility index (Phi) is 2.69. The van der Waals surface area contributed by atoms with Crippen LogP contribution in [0.3, 0.4) is 0 Å². The van der Waals surface area contributed by atoms with Gasteiger partial charge >= 0.3 is 0 Å². The van der Waals surface area contributed by atoms with Crippen LogP contribution in [0.1, 0.15) is 26.2 Å². The quantitative estimate of drug-likeness (QED) is 0.599. The predicted octanol–water partition coefficient (Wildman–Crippen LogP) is 1.18. The van der Waals surface area contributed by atoms with Gasteiger partial charge in [0.1, 0.15) is 0 Å². The lowest BCUT2D eigenvalue weighted by molar-refractivity contribution is -0.0376. The summed E-state index contributed by atoms with van der Waals surface area (Å²) in [5, 5.41) is 9.40. The van der Waals surface area contributed by atoms with Crippen molar-refractivity contribution in [3.63, 3.8) is 0 Å². The van der Waals surface area contributed by atoms with E-state index < -0.39 is 0 Å². The molecule has 3 atom stereocenters. The Labute approximate surface area is 62.2 Å². The van der Waals surface area contributed by atoms with E-state index >= 15 is 0 Å². The van der Waals surface area contributed by atoms with Gasteiger partial charge in [0, 0.05) is 13.0 Å². The van der Waals surface area contributed by atoms with Gasteiger partial charge in [-0.3, -0.25) is 0 Å². The van der Waals surface area contributed by atoms with Crippen molar-refractivity contribution in [1.82, 2.24) is 0 Å². The van der Waals surface area contributed by atoms with Crippen LogP contribution in [0.2, 0.25) is 0 Å². The minimum absolute atomic E-state index is 0.140. The smallest absolute Gasteiger partial charge is 0.0621 e. The molecule has 1 saturated carbocycles. The van der Waals surface area contributed by atoms with Crippen LogP contribution >= 0.6 is 0 Å². The van der Waals surface area contributed by atoms with Crippen LogP contribution < -0.4 is 0 Å². The van der Waals surface area contributed by atoms with E-state index in [1.54, 1.807) is 7.11 Å². The number of methoxy groups -OCH3 is 1. The number of hydrogen-bond donors (Lipinski definition) is 1. The fourth-order valence-electron chi connectivity index (χ4n) is 1.63. The first-order valence-corrected chi connectivity index (χ1v) is 3.96. The van der Waals surface area contributed by atoms with Gasteiger partial charge in [0.2, 0.25) is 0 Å². The molecule has 0 radical (unpaired) electrons. The van der Waals surface area contributed by atoms with Crippen molar-refractivity contribution in [3.05, 3.63) is 0 Å². The molecular formula is C8H16O2. The number of aliphatic hydroxyl groups excluding tert-OH is 1. The van der Waals surface area contributed by atoms with Crippen LogP contribution in [0.4, 0.5) is 0 Å². The van der Waals surface area contributed by atoms with E-state index in [9.17, 15) is 5.11 Å². The Hall–Kier alpha value is -0.0800. The molecular weight excluding hydrogens is 128 g/mol. The molecule has 1 aliphatic carbocycles. The largest absolute Gasteiger partial charge is 0.393 e. The van der Waals surface area contributed by atoms with Crippen molar-refractivity contribution < 1.29 is 9.84 Å². The monoisotopic (exact) mass is 144 g/mol. The fourth-order valence-corrected chi connectivity index (χ4v) is 1.63. The fraction of sp³-hybridized carbons (Fsp3) is 1.00. The van der Waals surface area contributed by atoms with E-state index in [-0.39, 0.29) is 12.2 Å². The number of rotatable bonds is 1. The molecule has 0 bridgehead atoms. The van der Waals surface area contributed by atoms with Gasteiger partial charge in [-0.15, -0.1) is 0 Å². The maximum Gasteiger partial charge on any atom is 0.0621 e. The third kappa shape index (κ3) is 1.50. The minimum Gasteiger partial charge on any atom is -0.393 e. The molecule has 10 heavy (non-hydrogen) atoms. The molecule has 2 heteroatoms. The molecule has 1 aliphatic rings. The molecule has 60 valence electrons. The normalized spacial score (nSPS) is 41.7. The highest BCUT2D eigenvalue weighted by Crippen LogP contribution is 2.25. The van der Waals surface area contributed by atoms with Crippen LogP contribution in [-0.2, 0) is 4.74 Å². The highest BCUT2D eigenvalue weighted by molar-refractivity contribution is 4.78. The summed E-state index contributed by atoms with van der Waals surface area (Å²) in [6.45, 7) is 2.05. The van der Waals surface area contributed by atoms with Gasteiger partial charge in [0.15, 0.2) is 0 Å². The topological polar surface area (TPSA) is 29.5 Å². The molecule has 0 spiro atoms. The molecule has 0 amide bonds. The molecule has 0 aromatic carbocycles. The lowest BCUT2D eigenvalue weighted by Gasteiger charge is -2.31. The number of hydrogen-bond acceptors (Lipinski definition) is 2. The summed E-state index contributed by atoms with van der Waals surface area (Å²) >= 11 is 0. The Morgan fingerprint density at radius 1 is 1.40 bits per heavy atom. The zero-order valence-electron chi connectivity index (χ0n) is 6.71. The summed E-state index contributed by atoms with van der Waals surface area (Å²) in [6, 6.07) is 0. The van der Waals surface area contributed by atoms with Gasteiger partial charge in [0.05, 0.1) is 12.2 Å². The van der Waals surface area contributed by atoms with E-state index in [2.05, 4.69) is 6.92 Å². The number of aliphatic hydroxyl groups is 1. The van der Waals surface area contributed by atoms with Crippen molar-refractivity contribution in [2.24, 2.45) is 5.92 Å². The predicted molar refractivity (Wildman–Crippen MR) is 39.8 cm³/mol. The molecule has 0 aliphatic heterocycles. The van der Waals surface area contributed by atoms with Crippen LogP contribution in [0.15, 0.2) is 0 Å². The zero-order chi connectivity index (χ0) is 7.56. The first-order chi connectivity index (χ1) is 4.75. The summed E-state index contributed by atoms with van der Waals surface area (Å²) in [5.74, 6) is 0.318. The summed E-state index contributed by atoms with van der Waals surface area (Å²) < 4.78 is 5.21. The highest BCUT2D eigenvalue weighted by atomic mass is 16.5. The summed E-state index contributed by atoms with van der Waals surface area (Å²) in [5.41, 5.74) is 0. The Bertz CT molecular complexity index is 103. The van der Waals surface area contributed by atoms with Gasteiger partial charge < -0.3 is 9.84 Å². The lowest BCUT2D eigenvalue weighted by Crippen LogP contribution is -2.34. The zero-order valence-corrected chi connectivity index (χ0v) is 6.71. The van der Waals surface area contributed by atoms with Crippen LogP contribution in [-0.4, -0.2) is 24.4 Å². The average molecular weight is 144 g/mol. The molecule has 0 unspecified atom stereocenters. The molecule has 1 N–H and O–H groups in total. The lowest BCUT2D eigenvalue weighted by atomic mass is 9.85. The molecule has 0 aromatic heterocycles. The molecule has 0 aromatic rings. The Morgan fingerprint density at radius 3 is 2.60 bits per heavy atom. The van der Waals surface area contributed by atoms with Crippen molar-refractivity contribution in [3.8, 4) is 0 Å². The van der Waals surface area contributed by atoms with E-state index in [1.807, 2.05) is 0 Å². The molecule has 2 nitrogen and oxygen atoms in total. The summed E-state index contributed by atoms with van der Waals surface area (Å²) in [4.78, 5) is 0. The first kappa shape index (κ1) is 8.02. The first-order valence-electron chi connectivity index (χ1n) is 3.96. The van der Waals surface area contributed by atoms with Crippen LogP contribution in [0.25, 0.3) is 0 Å².